The van der Waals surface area contributed by atoms with Crippen molar-refractivity contribution in [1.82, 2.24) is 30.1 Å². The van der Waals surface area contributed by atoms with E-state index in [1.54, 1.807) is 0 Å². The quantitative estimate of drug-likeness (QED) is 0.252. The second-order valence-corrected chi connectivity index (χ2v) is 10.9. The van der Waals surface area contributed by atoms with Crippen LogP contribution >= 0.6 is 0 Å². The van der Waals surface area contributed by atoms with Crippen LogP contribution in [0.15, 0.2) is 89.7 Å². The summed E-state index contributed by atoms with van der Waals surface area (Å²) in [7, 11) is 0. The monoisotopic (exact) mass is 520 g/mol. The summed E-state index contributed by atoms with van der Waals surface area (Å²) >= 11 is 0. The van der Waals surface area contributed by atoms with Crippen LogP contribution in [0.25, 0.3) is 10.9 Å². The average molecular weight is 521 g/mol. The largest absolute Gasteiger partial charge is 0.322 e. The number of hydrogen-bond acceptors (Lipinski definition) is 5. The summed E-state index contributed by atoms with van der Waals surface area (Å²) in [6.07, 6.45) is 1.67. The van der Waals surface area contributed by atoms with Gasteiger partial charge in [-0.15, -0.1) is 5.10 Å². The first-order valence-corrected chi connectivity index (χ1v) is 13.6. The molecule has 0 aliphatic carbocycles. The van der Waals surface area contributed by atoms with E-state index in [4.69, 9.17) is 0 Å². The molecule has 0 fully saturated rings. The Balaban J connectivity index is 1.69. The van der Waals surface area contributed by atoms with Gasteiger partial charge in [0.1, 0.15) is 6.04 Å². The third-order valence-electron chi connectivity index (χ3n) is 7.62. The summed E-state index contributed by atoms with van der Waals surface area (Å²) < 4.78 is 1.90. The molecule has 1 atom stereocenters. The minimum absolute atomic E-state index is 0.127. The Labute approximate surface area is 229 Å². The Morgan fingerprint density at radius 1 is 0.949 bits per heavy atom. The van der Waals surface area contributed by atoms with Crippen LogP contribution in [0.3, 0.4) is 0 Å². The molecule has 7 nitrogen and oxygen atoms in total. The predicted octanol–water partition coefficient (Wildman–Crippen LogP) is 5.80. The molecule has 2 aromatic heterocycles. The highest BCUT2D eigenvalue weighted by Crippen LogP contribution is 2.32. The van der Waals surface area contributed by atoms with E-state index in [2.05, 4.69) is 108 Å². The van der Waals surface area contributed by atoms with Crippen molar-refractivity contribution < 1.29 is 0 Å². The summed E-state index contributed by atoms with van der Waals surface area (Å²) in [4.78, 5) is 19.2. The van der Waals surface area contributed by atoms with E-state index in [-0.39, 0.29) is 11.1 Å². The number of aryl methyl sites for hydroxylation is 1. The van der Waals surface area contributed by atoms with Gasteiger partial charge in [-0.25, -0.2) is 4.68 Å². The van der Waals surface area contributed by atoms with Gasteiger partial charge in [-0.2, -0.15) is 0 Å². The van der Waals surface area contributed by atoms with Crippen molar-refractivity contribution in [2.75, 3.05) is 6.54 Å². The molecule has 1 N–H and O–H groups in total. The van der Waals surface area contributed by atoms with Crippen molar-refractivity contribution in [2.24, 2.45) is 0 Å². The number of aromatic nitrogens is 5. The highest BCUT2D eigenvalue weighted by molar-refractivity contribution is 5.79. The van der Waals surface area contributed by atoms with Gasteiger partial charge >= 0.3 is 0 Å². The molecule has 5 aromatic rings. The Bertz CT molecular complexity index is 1590. The molecular formula is C32H36N6O. The number of benzene rings is 3. The Kier molecular flexibility index (Phi) is 7.70. The molecule has 39 heavy (non-hydrogen) atoms. The topological polar surface area (TPSA) is 79.7 Å². The molecule has 0 aliphatic rings. The molecule has 3 aromatic carbocycles. The van der Waals surface area contributed by atoms with Crippen LogP contribution in [0.1, 0.15) is 61.3 Å². The number of aromatic amines is 1. The van der Waals surface area contributed by atoms with Crippen LogP contribution in [0.2, 0.25) is 0 Å². The van der Waals surface area contributed by atoms with Gasteiger partial charge in [0.15, 0.2) is 5.82 Å². The third-order valence-corrected chi connectivity index (χ3v) is 7.62. The van der Waals surface area contributed by atoms with E-state index in [0.717, 1.165) is 34.9 Å². The number of nitrogens with zero attached hydrogens (tertiary/aromatic N) is 5. The number of rotatable bonds is 10. The van der Waals surface area contributed by atoms with Crippen LogP contribution in [0, 0.1) is 6.92 Å². The lowest BCUT2D eigenvalue weighted by atomic mass is 9.98. The number of hydrogen-bond donors (Lipinski definition) is 1. The van der Waals surface area contributed by atoms with E-state index in [9.17, 15) is 4.79 Å². The zero-order valence-corrected chi connectivity index (χ0v) is 23.1. The lowest BCUT2D eigenvalue weighted by molar-refractivity contribution is 0.190. The first kappa shape index (κ1) is 26.5. The lowest BCUT2D eigenvalue weighted by Crippen LogP contribution is -2.39. The number of pyridine rings is 1. The average Bonchev–Trinajstić information content (AvgIpc) is 3.44. The standard InChI is InChI=1S/C32H36N6O/c1-5-32(3,4)38-30(34-35-36-38)29(27-21-26-20-23(2)16-17-28(26)33-31(27)39)37(22-25-14-10-7-11-15-25)19-18-24-12-8-6-9-13-24/h6-17,20-21,29H,5,18-19,22H2,1-4H3,(H,33,39). The first-order chi connectivity index (χ1) is 18.9. The fourth-order valence-electron chi connectivity index (χ4n) is 5.03. The van der Waals surface area contributed by atoms with Crippen molar-refractivity contribution in [2.45, 2.75) is 58.7 Å². The summed E-state index contributed by atoms with van der Waals surface area (Å²) in [6, 6.07) is 28.5. The van der Waals surface area contributed by atoms with Gasteiger partial charge in [-0.3, -0.25) is 9.69 Å². The van der Waals surface area contributed by atoms with Crippen LogP contribution in [0.4, 0.5) is 0 Å². The van der Waals surface area contributed by atoms with Crippen LogP contribution in [-0.2, 0) is 18.5 Å². The van der Waals surface area contributed by atoms with E-state index in [0.29, 0.717) is 24.5 Å². The van der Waals surface area contributed by atoms with Gasteiger partial charge in [0, 0.05) is 24.2 Å². The van der Waals surface area contributed by atoms with Crippen LogP contribution < -0.4 is 5.56 Å². The summed E-state index contributed by atoms with van der Waals surface area (Å²) in [5.41, 5.74) is 4.55. The highest BCUT2D eigenvalue weighted by atomic mass is 16.1. The molecule has 0 spiro atoms. The molecule has 200 valence electrons. The van der Waals surface area contributed by atoms with Crippen molar-refractivity contribution in [1.29, 1.82) is 0 Å². The molecular weight excluding hydrogens is 484 g/mol. The molecule has 1 unspecified atom stereocenters. The van der Waals surface area contributed by atoms with Crippen molar-refractivity contribution in [3.8, 4) is 0 Å². The molecule has 2 heterocycles. The fourth-order valence-corrected chi connectivity index (χ4v) is 5.03. The maximum atomic E-state index is 13.8. The molecule has 0 bridgehead atoms. The van der Waals surface area contributed by atoms with Crippen LogP contribution in [0.5, 0.6) is 0 Å². The van der Waals surface area contributed by atoms with Gasteiger partial charge in [0.25, 0.3) is 5.56 Å². The van der Waals surface area contributed by atoms with Gasteiger partial charge in [0.2, 0.25) is 0 Å². The number of tetrazole rings is 1. The molecule has 5 rings (SSSR count). The maximum absolute atomic E-state index is 13.8. The van der Waals surface area contributed by atoms with Gasteiger partial charge in [-0.05, 0) is 78.8 Å². The van der Waals surface area contributed by atoms with Crippen LogP contribution in [-0.4, -0.2) is 36.6 Å². The molecule has 0 aliphatic heterocycles. The van der Waals surface area contributed by atoms with Crippen molar-refractivity contribution >= 4 is 10.9 Å². The Morgan fingerprint density at radius 2 is 1.64 bits per heavy atom. The second kappa shape index (κ2) is 11.3. The zero-order chi connectivity index (χ0) is 27.4. The lowest BCUT2D eigenvalue weighted by Gasteiger charge is -2.33. The summed E-state index contributed by atoms with van der Waals surface area (Å²) in [6.45, 7) is 9.81. The smallest absolute Gasteiger partial charge is 0.253 e. The number of H-pyrrole nitrogens is 1. The molecule has 0 radical (unpaired) electrons. The Morgan fingerprint density at radius 3 is 2.33 bits per heavy atom. The maximum Gasteiger partial charge on any atom is 0.253 e. The van der Waals surface area contributed by atoms with Crippen molar-refractivity contribution in [3.05, 3.63) is 123 Å². The SMILES string of the molecule is CCC(C)(C)n1nnnc1C(c1cc2cc(C)ccc2[nH]c1=O)N(CCc1ccccc1)Cc1ccccc1. The normalized spacial score (nSPS) is 12.7. The zero-order valence-electron chi connectivity index (χ0n) is 23.1. The number of fused-ring (bicyclic) bond motifs is 1. The number of nitrogens with one attached hydrogen (secondary N) is 1. The minimum atomic E-state index is -0.455. The first-order valence-electron chi connectivity index (χ1n) is 13.6. The third kappa shape index (κ3) is 5.83. The molecule has 0 saturated heterocycles. The van der Waals surface area contributed by atoms with Gasteiger partial charge in [-0.1, -0.05) is 79.2 Å². The second-order valence-electron chi connectivity index (χ2n) is 10.9. The van der Waals surface area contributed by atoms with E-state index >= 15 is 0 Å². The summed E-state index contributed by atoms with van der Waals surface area (Å²) in [5, 5.41) is 14.1. The molecule has 0 amide bonds. The summed E-state index contributed by atoms with van der Waals surface area (Å²) in [5.74, 6) is 0.670. The highest BCUT2D eigenvalue weighted by Gasteiger charge is 2.34. The predicted molar refractivity (Wildman–Crippen MR) is 156 cm³/mol. The van der Waals surface area contributed by atoms with Gasteiger partial charge in [0.05, 0.1) is 5.54 Å². The van der Waals surface area contributed by atoms with E-state index in [1.165, 1.54) is 5.56 Å². The molecule has 0 saturated carbocycles. The van der Waals surface area contributed by atoms with Crippen molar-refractivity contribution in [3.63, 3.8) is 0 Å². The minimum Gasteiger partial charge on any atom is -0.322 e. The van der Waals surface area contributed by atoms with E-state index in [1.807, 2.05) is 35.0 Å². The fraction of sp³-hybridized carbons (Fsp3) is 0.312. The van der Waals surface area contributed by atoms with E-state index < -0.39 is 6.04 Å². The Hall–Kier alpha value is -4.10. The molecule has 7 heteroatoms. The van der Waals surface area contributed by atoms with Gasteiger partial charge < -0.3 is 4.98 Å².